The minimum atomic E-state index is -0.336. The molecule has 29 heavy (non-hydrogen) atoms. The van der Waals surface area contributed by atoms with Gasteiger partial charge in [-0.15, -0.1) is 0 Å². The van der Waals surface area contributed by atoms with E-state index >= 15 is 0 Å². The Labute approximate surface area is 168 Å². The fraction of sp³-hybridized carbons (Fsp3) is 0.125. The van der Waals surface area contributed by atoms with Gasteiger partial charge in [-0.1, -0.05) is 60.7 Å². The first kappa shape index (κ1) is 18.6. The third kappa shape index (κ3) is 3.80. The second-order valence-corrected chi connectivity index (χ2v) is 7.12. The summed E-state index contributed by atoms with van der Waals surface area (Å²) >= 11 is 0. The average molecular weight is 383 g/mol. The highest BCUT2D eigenvalue weighted by Gasteiger charge is 2.17. The van der Waals surface area contributed by atoms with Crippen LogP contribution in [0.2, 0.25) is 0 Å². The van der Waals surface area contributed by atoms with Crippen LogP contribution in [-0.4, -0.2) is 15.7 Å². The van der Waals surface area contributed by atoms with Gasteiger partial charge in [0.1, 0.15) is 0 Å². The lowest BCUT2D eigenvalue weighted by molar-refractivity contribution is 0.102. The van der Waals surface area contributed by atoms with Crippen LogP contribution in [-0.2, 0) is 6.54 Å². The summed E-state index contributed by atoms with van der Waals surface area (Å²) in [4.78, 5) is 26.1. The van der Waals surface area contributed by atoms with Crippen molar-refractivity contribution in [2.24, 2.45) is 0 Å². The molecule has 144 valence electrons. The number of carbonyl (C=O) groups excluding carboxylic acids is 1. The van der Waals surface area contributed by atoms with E-state index in [0.29, 0.717) is 17.3 Å². The van der Waals surface area contributed by atoms with Crippen molar-refractivity contribution < 1.29 is 4.79 Å². The van der Waals surface area contributed by atoms with E-state index in [2.05, 4.69) is 10.4 Å². The predicted octanol–water partition coefficient (Wildman–Crippen LogP) is 4.31. The fourth-order valence-electron chi connectivity index (χ4n) is 3.32. The number of hydrogen-bond acceptors (Lipinski definition) is 3. The number of amides is 1. The molecule has 0 aliphatic rings. The van der Waals surface area contributed by atoms with Gasteiger partial charge in [0, 0.05) is 11.1 Å². The predicted molar refractivity (Wildman–Crippen MR) is 115 cm³/mol. The average Bonchev–Trinajstić information content (AvgIpc) is 2.73. The van der Waals surface area contributed by atoms with Gasteiger partial charge in [0.05, 0.1) is 11.9 Å². The van der Waals surface area contributed by atoms with Crippen molar-refractivity contribution >= 4 is 22.4 Å². The number of nitrogens with one attached hydrogen (secondary N) is 1. The van der Waals surface area contributed by atoms with E-state index in [9.17, 15) is 9.59 Å². The van der Waals surface area contributed by atoms with Gasteiger partial charge in [0.15, 0.2) is 5.69 Å². The molecule has 0 atom stereocenters. The molecule has 0 aliphatic carbocycles. The van der Waals surface area contributed by atoms with E-state index in [1.807, 2.05) is 62.4 Å². The number of hydrogen-bond donors (Lipinski definition) is 1. The highest BCUT2D eigenvalue weighted by Crippen LogP contribution is 2.19. The minimum absolute atomic E-state index is 0.215. The fourth-order valence-corrected chi connectivity index (χ4v) is 3.32. The Bertz CT molecular complexity index is 1260. The molecule has 0 aliphatic heterocycles. The van der Waals surface area contributed by atoms with Crippen molar-refractivity contribution in [3.8, 4) is 0 Å². The van der Waals surface area contributed by atoms with Crippen LogP contribution in [0.15, 0.2) is 77.6 Å². The number of anilines is 1. The Morgan fingerprint density at radius 2 is 1.62 bits per heavy atom. The molecule has 0 bridgehead atoms. The maximum absolute atomic E-state index is 13.1. The van der Waals surface area contributed by atoms with Gasteiger partial charge in [-0.2, -0.15) is 5.10 Å². The minimum Gasteiger partial charge on any atom is -0.320 e. The number of fused-ring (bicyclic) bond motifs is 1. The summed E-state index contributed by atoms with van der Waals surface area (Å²) in [6.45, 7) is 4.22. The van der Waals surface area contributed by atoms with E-state index < -0.39 is 0 Å². The first-order chi connectivity index (χ1) is 14.0. The maximum atomic E-state index is 13.1. The molecule has 4 rings (SSSR count). The van der Waals surface area contributed by atoms with Crippen molar-refractivity contribution in [3.05, 3.63) is 106 Å². The zero-order chi connectivity index (χ0) is 20.4. The van der Waals surface area contributed by atoms with E-state index in [-0.39, 0.29) is 17.2 Å². The summed E-state index contributed by atoms with van der Waals surface area (Å²) in [5, 5.41) is 8.41. The van der Waals surface area contributed by atoms with Gasteiger partial charge in [0.25, 0.3) is 11.5 Å². The lowest BCUT2D eigenvalue weighted by Crippen LogP contribution is -2.28. The Morgan fingerprint density at radius 3 is 2.38 bits per heavy atom. The zero-order valence-electron chi connectivity index (χ0n) is 16.3. The molecule has 0 saturated carbocycles. The van der Waals surface area contributed by atoms with Gasteiger partial charge in [-0.3, -0.25) is 9.59 Å². The summed E-state index contributed by atoms with van der Waals surface area (Å²) in [6.07, 6.45) is 0. The summed E-state index contributed by atoms with van der Waals surface area (Å²) in [5.74, 6) is -0.336. The van der Waals surface area contributed by atoms with E-state index in [1.165, 1.54) is 4.68 Å². The van der Waals surface area contributed by atoms with Crippen LogP contribution in [0.1, 0.15) is 27.2 Å². The highest BCUT2D eigenvalue weighted by molar-refractivity contribution is 6.11. The van der Waals surface area contributed by atoms with E-state index in [0.717, 1.165) is 22.4 Å². The third-order valence-electron chi connectivity index (χ3n) is 4.90. The second-order valence-electron chi connectivity index (χ2n) is 7.12. The van der Waals surface area contributed by atoms with Crippen LogP contribution in [0.4, 0.5) is 5.69 Å². The molecule has 0 unspecified atom stereocenters. The summed E-state index contributed by atoms with van der Waals surface area (Å²) in [7, 11) is 0. The van der Waals surface area contributed by atoms with Crippen molar-refractivity contribution in [3.63, 3.8) is 0 Å². The quantitative estimate of drug-likeness (QED) is 0.571. The topological polar surface area (TPSA) is 64.0 Å². The summed E-state index contributed by atoms with van der Waals surface area (Å²) in [6, 6.07) is 22.6. The van der Waals surface area contributed by atoms with Gasteiger partial charge in [0.2, 0.25) is 0 Å². The Kier molecular flexibility index (Phi) is 4.96. The van der Waals surface area contributed by atoms with Crippen LogP contribution in [0.3, 0.4) is 0 Å². The molecule has 5 heteroatoms. The van der Waals surface area contributed by atoms with Gasteiger partial charge in [-0.05, 0) is 42.7 Å². The van der Waals surface area contributed by atoms with Crippen LogP contribution >= 0.6 is 0 Å². The van der Waals surface area contributed by atoms with E-state index in [4.69, 9.17) is 0 Å². The van der Waals surface area contributed by atoms with Crippen LogP contribution in [0.5, 0.6) is 0 Å². The molecular formula is C24H21N3O2. The molecule has 0 fully saturated rings. The van der Waals surface area contributed by atoms with Crippen molar-refractivity contribution in [2.75, 3.05) is 5.32 Å². The number of benzene rings is 3. The number of aryl methyl sites for hydroxylation is 2. The highest BCUT2D eigenvalue weighted by atomic mass is 16.2. The first-order valence-electron chi connectivity index (χ1n) is 9.45. The first-order valence-corrected chi connectivity index (χ1v) is 9.45. The molecule has 1 N–H and O–H groups in total. The van der Waals surface area contributed by atoms with Crippen molar-refractivity contribution in [1.29, 1.82) is 0 Å². The molecule has 1 amide bonds. The zero-order valence-corrected chi connectivity index (χ0v) is 16.3. The molecule has 3 aromatic carbocycles. The van der Waals surface area contributed by atoms with Crippen molar-refractivity contribution in [1.82, 2.24) is 9.78 Å². The largest absolute Gasteiger partial charge is 0.320 e. The summed E-state index contributed by atoms with van der Waals surface area (Å²) in [5.41, 5.74) is 3.72. The van der Waals surface area contributed by atoms with E-state index in [1.54, 1.807) is 24.3 Å². The number of nitrogens with zero attached hydrogens (tertiary/aromatic N) is 2. The Morgan fingerprint density at radius 1 is 0.931 bits per heavy atom. The lowest BCUT2D eigenvalue weighted by atomic mass is 10.1. The SMILES string of the molecule is Cc1ccc(C)c(NC(=O)c2nn(Cc3ccccc3)c(=O)c3ccccc23)c1. The van der Waals surface area contributed by atoms with Gasteiger partial charge in [-0.25, -0.2) is 4.68 Å². The third-order valence-corrected chi connectivity index (χ3v) is 4.90. The van der Waals surface area contributed by atoms with Crippen LogP contribution < -0.4 is 10.9 Å². The molecule has 1 aromatic heterocycles. The monoisotopic (exact) mass is 383 g/mol. The smallest absolute Gasteiger partial charge is 0.276 e. The van der Waals surface area contributed by atoms with Crippen molar-refractivity contribution in [2.45, 2.75) is 20.4 Å². The molecule has 0 radical (unpaired) electrons. The normalized spacial score (nSPS) is 10.8. The number of carbonyl (C=O) groups is 1. The van der Waals surface area contributed by atoms with Crippen LogP contribution in [0.25, 0.3) is 10.8 Å². The van der Waals surface area contributed by atoms with Gasteiger partial charge < -0.3 is 5.32 Å². The second kappa shape index (κ2) is 7.72. The Balaban J connectivity index is 1.80. The molecule has 5 nitrogen and oxygen atoms in total. The number of aromatic nitrogens is 2. The van der Waals surface area contributed by atoms with Gasteiger partial charge >= 0.3 is 0 Å². The molecule has 0 saturated heterocycles. The maximum Gasteiger partial charge on any atom is 0.276 e. The Hall–Kier alpha value is -3.73. The molecule has 1 heterocycles. The van der Waals surface area contributed by atoms with Crippen LogP contribution in [0, 0.1) is 13.8 Å². The molecule has 0 spiro atoms. The lowest BCUT2D eigenvalue weighted by Gasteiger charge is -2.13. The molecule has 4 aromatic rings. The standard InChI is InChI=1S/C24H21N3O2/c1-16-12-13-17(2)21(14-16)25-23(28)22-19-10-6-7-11-20(19)24(29)27(26-22)15-18-8-4-3-5-9-18/h3-14H,15H2,1-2H3,(H,25,28). The molecular weight excluding hydrogens is 362 g/mol. The number of rotatable bonds is 4. The summed E-state index contributed by atoms with van der Waals surface area (Å²) < 4.78 is 1.36.